The Kier molecular flexibility index (Phi) is 21.3. The van der Waals surface area contributed by atoms with Crippen molar-refractivity contribution in [1.82, 2.24) is 0 Å². The monoisotopic (exact) mass is 416 g/mol. The quantitative estimate of drug-likeness (QED) is 0.494. The Morgan fingerprint density at radius 3 is 2.00 bits per heavy atom. The Balaban J connectivity index is 0. The van der Waals surface area contributed by atoms with E-state index in [1.165, 1.54) is 10.6 Å². The molecule has 0 amide bonds. The van der Waals surface area contributed by atoms with E-state index in [1.54, 1.807) is 15.5 Å². The van der Waals surface area contributed by atoms with Crippen LogP contribution in [0.4, 0.5) is 0 Å². The summed E-state index contributed by atoms with van der Waals surface area (Å²) in [5.41, 5.74) is 0. The fourth-order valence-corrected chi connectivity index (χ4v) is 4.31. The molecule has 0 saturated heterocycles. The first-order valence-corrected chi connectivity index (χ1v) is 10.6. The van der Waals surface area contributed by atoms with Gasteiger partial charge in [-0.2, -0.15) is 0 Å². The van der Waals surface area contributed by atoms with E-state index in [2.05, 4.69) is 38.3 Å². The molecule has 0 atom stereocenters. The average molecular weight is 415 g/mol. The minimum absolute atomic E-state index is 0.0243. The van der Waals surface area contributed by atoms with Gasteiger partial charge in [-0.25, -0.2) is 0 Å². The third-order valence-corrected chi connectivity index (χ3v) is 6.05. The summed E-state index contributed by atoms with van der Waals surface area (Å²) in [5, 5.41) is 18.9. The van der Waals surface area contributed by atoms with Crippen molar-refractivity contribution in [2.45, 2.75) is 30.4 Å². The number of allylic oxidation sites excluding steroid dienone is 4. The van der Waals surface area contributed by atoms with Gasteiger partial charge in [-0.15, -0.1) is 26.4 Å². The molecule has 0 heterocycles. The van der Waals surface area contributed by atoms with Crippen LogP contribution in [0.2, 0.25) is 4.18 Å². The van der Waals surface area contributed by atoms with Gasteiger partial charge in [0.25, 0.3) is 0 Å². The van der Waals surface area contributed by atoms with Crippen LogP contribution in [0.5, 0.6) is 0 Å². The summed E-state index contributed by atoms with van der Waals surface area (Å²) in [6, 6.07) is 0. The molecule has 3 heteroatoms. The Morgan fingerprint density at radius 1 is 1.22 bits per heavy atom. The van der Waals surface area contributed by atoms with Crippen LogP contribution in [0.15, 0.2) is 46.9 Å². The summed E-state index contributed by atoms with van der Waals surface area (Å²) in [7, 11) is 0. The van der Waals surface area contributed by atoms with Crippen molar-refractivity contribution in [3.63, 3.8) is 0 Å². The Labute approximate surface area is 123 Å². The van der Waals surface area contributed by atoms with E-state index in [9.17, 15) is 10.2 Å². The van der Waals surface area contributed by atoms with Gasteiger partial charge in [-0.3, -0.25) is 0 Å². The normalized spacial score (nSPS) is 11.2. The van der Waals surface area contributed by atoms with E-state index in [1.807, 2.05) is 0 Å². The number of hydrogen-bond acceptors (Lipinski definition) is 2. The molecular formula is C15H24HfO2. The first kappa shape index (κ1) is 20.1. The van der Waals surface area contributed by atoms with Crippen LogP contribution in [0.3, 0.4) is 0 Å². The van der Waals surface area contributed by atoms with Crippen molar-refractivity contribution in [1.29, 1.82) is 0 Å². The van der Waals surface area contributed by atoms with Gasteiger partial charge < -0.3 is 10.2 Å². The second-order valence-electron chi connectivity index (χ2n) is 3.42. The molecule has 1 aliphatic rings. The molecule has 100 valence electrons. The van der Waals surface area contributed by atoms with Gasteiger partial charge in [0.1, 0.15) is 0 Å². The van der Waals surface area contributed by atoms with Crippen LogP contribution in [-0.4, -0.2) is 13.2 Å². The van der Waals surface area contributed by atoms with E-state index in [-0.39, 0.29) is 36.1 Å². The molecule has 0 radical (unpaired) electrons. The second-order valence-corrected chi connectivity index (χ2v) is 9.54. The molecule has 0 spiro atoms. The predicted octanol–water partition coefficient (Wildman–Crippen LogP) is 2.20. The third kappa shape index (κ3) is 18.1. The Hall–Kier alpha value is -0.250. The average Bonchev–Trinajstić information content (AvgIpc) is 2.86. The number of hydrogen-bond donors (Lipinski definition) is 0. The summed E-state index contributed by atoms with van der Waals surface area (Å²) in [4.78, 5) is 0. The first-order valence-electron chi connectivity index (χ1n) is 6.24. The molecule has 0 unspecified atom stereocenters. The van der Waals surface area contributed by atoms with Crippen LogP contribution >= 0.6 is 0 Å². The molecule has 0 N–H and O–H groups in total. The summed E-state index contributed by atoms with van der Waals surface area (Å²) in [5.74, 6) is 0. The topological polar surface area (TPSA) is 46.1 Å². The van der Waals surface area contributed by atoms with Crippen LogP contribution in [0, 0.1) is 0 Å². The first-order chi connectivity index (χ1) is 8.76. The summed E-state index contributed by atoms with van der Waals surface area (Å²) in [6.07, 6.45) is 12.5. The molecule has 0 aromatic carbocycles. The predicted molar refractivity (Wildman–Crippen MR) is 71.7 cm³/mol. The standard InChI is InChI=1S/C5H5.2C4H7O.C2H5.Hf/c1-2-4-5-3-1;2*1-2-3-4-5;1-2;/h1-3H,4H2;2*2H,1,3-4H2;1H2,2H3;/q;2*-1;;+2. The summed E-state index contributed by atoms with van der Waals surface area (Å²) >= 11 is -0.238. The van der Waals surface area contributed by atoms with Crippen molar-refractivity contribution in [2.75, 3.05) is 13.2 Å². The van der Waals surface area contributed by atoms with Gasteiger partial charge in [0.05, 0.1) is 0 Å². The van der Waals surface area contributed by atoms with E-state index in [0.717, 1.165) is 0 Å². The Bertz CT molecular complexity index is 235. The maximum atomic E-state index is 9.46. The van der Waals surface area contributed by atoms with Gasteiger partial charge in [0.15, 0.2) is 0 Å². The molecule has 2 nitrogen and oxygen atoms in total. The van der Waals surface area contributed by atoms with Crippen molar-refractivity contribution in [2.24, 2.45) is 0 Å². The van der Waals surface area contributed by atoms with Crippen LogP contribution in [-0.2, 0) is 22.9 Å². The van der Waals surface area contributed by atoms with E-state index < -0.39 is 0 Å². The maximum absolute atomic E-state index is 9.46. The van der Waals surface area contributed by atoms with Crippen LogP contribution < -0.4 is 10.2 Å². The molecule has 1 aliphatic carbocycles. The molecule has 0 aromatic heterocycles. The molecule has 0 aromatic rings. The van der Waals surface area contributed by atoms with Crippen molar-refractivity contribution in [3.8, 4) is 0 Å². The molecule has 0 fully saturated rings. The van der Waals surface area contributed by atoms with Crippen LogP contribution in [0.1, 0.15) is 26.2 Å². The van der Waals surface area contributed by atoms with Crippen molar-refractivity contribution in [3.05, 3.63) is 46.9 Å². The molecule has 1 rings (SSSR count). The molecule has 0 bridgehead atoms. The SMILES string of the molecule is C=CCC[O-].C=CCC[O-].C[CH2][Hf+2][C]1=CC=CC1. The van der Waals surface area contributed by atoms with Gasteiger partial charge in [0, 0.05) is 0 Å². The fraction of sp³-hybridized carbons (Fsp3) is 0.467. The zero-order chi connectivity index (χ0) is 14.1. The summed E-state index contributed by atoms with van der Waals surface area (Å²) in [6.45, 7) is 8.96. The molecule has 0 saturated carbocycles. The molecule has 0 aliphatic heterocycles. The van der Waals surface area contributed by atoms with Gasteiger partial charge in [-0.05, 0) is 0 Å². The van der Waals surface area contributed by atoms with E-state index in [0.29, 0.717) is 12.8 Å². The third-order valence-electron chi connectivity index (χ3n) is 1.82. The number of rotatable bonds is 6. The minimum atomic E-state index is -0.238. The van der Waals surface area contributed by atoms with E-state index >= 15 is 0 Å². The zero-order valence-corrected chi connectivity index (χ0v) is 15.0. The van der Waals surface area contributed by atoms with Gasteiger partial charge in [0.2, 0.25) is 0 Å². The van der Waals surface area contributed by atoms with Crippen molar-refractivity contribution < 1.29 is 33.1 Å². The van der Waals surface area contributed by atoms with Crippen LogP contribution in [0.25, 0.3) is 0 Å². The zero-order valence-electron chi connectivity index (χ0n) is 11.4. The van der Waals surface area contributed by atoms with Gasteiger partial charge >= 0.3 is 62.0 Å². The Morgan fingerprint density at radius 2 is 1.78 bits per heavy atom. The summed E-state index contributed by atoms with van der Waals surface area (Å²) < 4.78 is 3.26. The fourth-order valence-electron chi connectivity index (χ4n) is 0.972. The molecule has 18 heavy (non-hydrogen) atoms. The van der Waals surface area contributed by atoms with Gasteiger partial charge in [-0.1, -0.05) is 25.0 Å². The van der Waals surface area contributed by atoms with Crippen molar-refractivity contribution >= 4 is 0 Å². The second kappa shape index (κ2) is 19.1. The molecular weight excluding hydrogens is 391 g/mol. The van der Waals surface area contributed by atoms with E-state index in [4.69, 9.17) is 0 Å².